The van der Waals surface area contributed by atoms with Gasteiger partial charge < -0.3 is 25.7 Å². The molecule has 0 aliphatic rings. The summed E-state index contributed by atoms with van der Waals surface area (Å²) in [7, 11) is 0. The molecule has 0 heterocycles. The monoisotopic (exact) mass is 792 g/mol. The molecule has 332 valence electrons. The number of unbranched alkanes of at least 4 members (excludes halogenated alkanes) is 32. The van der Waals surface area contributed by atoms with E-state index in [0.29, 0.717) is 12.8 Å². The molecule has 5 N–H and O–H groups in total. The molecule has 0 aromatic heterocycles. The molecule has 4 atom stereocenters. The Kier molecular flexibility index (Phi) is 43.9. The van der Waals surface area contributed by atoms with Crippen LogP contribution in [-0.2, 0) is 4.79 Å². The summed E-state index contributed by atoms with van der Waals surface area (Å²) >= 11 is 0. The molecule has 0 radical (unpaired) electrons. The third kappa shape index (κ3) is 38.3. The number of hydrogen-bond acceptors (Lipinski definition) is 5. The van der Waals surface area contributed by atoms with E-state index in [1.54, 1.807) is 0 Å². The van der Waals surface area contributed by atoms with Gasteiger partial charge in [0.15, 0.2) is 0 Å². The summed E-state index contributed by atoms with van der Waals surface area (Å²) in [5.74, 6) is -0.594. The van der Waals surface area contributed by atoms with E-state index in [-0.39, 0.29) is 0 Å². The van der Waals surface area contributed by atoms with Gasteiger partial charge in [-0.1, -0.05) is 218 Å². The molecule has 0 aromatic rings. The van der Waals surface area contributed by atoms with E-state index in [2.05, 4.69) is 43.5 Å². The third-order valence-electron chi connectivity index (χ3n) is 11.6. The first-order valence-electron chi connectivity index (χ1n) is 24.7. The average molecular weight is 792 g/mol. The second-order valence-electron chi connectivity index (χ2n) is 17.2. The highest BCUT2D eigenvalue weighted by Crippen LogP contribution is 2.16. The molecule has 56 heavy (non-hydrogen) atoms. The van der Waals surface area contributed by atoms with E-state index >= 15 is 0 Å². The summed E-state index contributed by atoms with van der Waals surface area (Å²) in [6.45, 7) is 4.06. The number of hydrogen-bond donors (Lipinski definition) is 5. The Morgan fingerprint density at radius 1 is 0.429 bits per heavy atom. The van der Waals surface area contributed by atoms with Gasteiger partial charge in [0.25, 0.3) is 0 Å². The van der Waals surface area contributed by atoms with Crippen LogP contribution in [0.3, 0.4) is 0 Å². The van der Waals surface area contributed by atoms with Gasteiger partial charge in [-0.2, -0.15) is 0 Å². The minimum Gasteiger partial charge on any atom is -0.394 e. The number of aliphatic hydroxyl groups is 4. The lowest BCUT2D eigenvalue weighted by atomic mass is 10.00. The molecule has 0 aliphatic carbocycles. The predicted molar refractivity (Wildman–Crippen MR) is 242 cm³/mol. The van der Waals surface area contributed by atoms with Gasteiger partial charge in [-0.25, -0.2) is 0 Å². The van der Waals surface area contributed by atoms with Gasteiger partial charge in [0, 0.05) is 0 Å². The van der Waals surface area contributed by atoms with Crippen molar-refractivity contribution in [3.8, 4) is 0 Å². The van der Waals surface area contributed by atoms with Gasteiger partial charge in [-0.15, -0.1) is 0 Å². The van der Waals surface area contributed by atoms with Crippen LogP contribution in [0.5, 0.6) is 0 Å². The topological polar surface area (TPSA) is 110 Å². The van der Waals surface area contributed by atoms with Crippen molar-refractivity contribution in [1.29, 1.82) is 0 Å². The first-order valence-corrected chi connectivity index (χ1v) is 24.7. The lowest BCUT2D eigenvalue weighted by Gasteiger charge is -2.27. The fourth-order valence-electron chi connectivity index (χ4n) is 7.69. The lowest BCUT2D eigenvalue weighted by molar-refractivity contribution is -0.132. The molecule has 0 bridgehead atoms. The molecule has 0 fully saturated rings. The van der Waals surface area contributed by atoms with Crippen molar-refractivity contribution in [3.05, 3.63) is 24.3 Å². The fraction of sp³-hybridized carbons (Fsp3) is 0.900. The fourth-order valence-corrected chi connectivity index (χ4v) is 7.69. The maximum absolute atomic E-state index is 12.5. The van der Waals surface area contributed by atoms with Crippen molar-refractivity contribution in [3.63, 3.8) is 0 Å². The Bertz CT molecular complexity index is 847. The van der Waals surface area contributed by atoms with Crippen molar-refractivity contribution in [2.45, 2.75) is 282 Å². The predicted octanol–water partition coefficient (Wildman–Crippen LogP) is 13.5. The van der Waals surface area contributed by atoms with Gasteiger partial charge in [0.05, 0.1) is 18.8 Å². The Morgan fingerprint density at radius 2 is 0.732 bits per heavy atom. The van der Waals surface area contributed by atoms with Gasteiger partial charge in [-0.05, 0) is 64.2 Å². The first kappa shape index (κ1) is 54.8. The van der Waals surface area contributed by atoms with E-state index in [1.807, 2.05) is 0 Å². The number of nitrogens with one attached hydrogen (secondary N) is 1. The maximum atomic E-state index is 12.5. The van der Waals surface area contributed by atoms with Crippen molar-refractivity contribution >= 4 is 5.91 Å². The Labute approximate surface area is 348 Å². The zero-order chi connectivity index (χ0) is 41.0. The van der Waals surface area contributed by atoms with Crippen molar-refractivity contribution in [2.75, 3.05) is 6.61 Å². The maximum Gasteiger partial charge on any atom is 0.249 e. The molecule has 1 amide bonds. The smallest absolute Gasteiger partial charge is 0.249 e. The third-order valence-corrected chi connectivity index (χ3v) is 11.6. The summed E-state index contributed by atoms with van der Waals surface area (Å²) < 4.78 is 0. The van der Waals surface area contributed by atoms with Crippen LogP contribution >= 0.6 is 0 Å². The Morgan fingerprint density at radius 3 is 1.07 bits per heavy atom. The number of allylic oxidation sites excluding steroid dienone is 4. The number of carbonyl (C=O) groups is 1. The standard InChI is InChI=1S/C50H97NO5/c1-3-5-7-9-11-13-15-17-19-21-22-23-24-25-26-27-28-30-32-34-36-38-40-42-44-48(54)50(56)51-46(45-52)49(55)47(53)43-41-39-37-35-33-31-29-20-18-16-14-12-10-8-6-4-2/h25-26,35,37,46-49,52-55H,3-24,27-34,36,38-45H2,1-2H3,(H,51,56)/b26-25-,37-35+. The van der Waals surface area contributed by atoms with E-state index in [4.69, 9.17) is 0 Å². The summed E-state index contributed by atoms with van der Waals surface area (Å²) in [5, 5.41) is 43.8. The highest BCUT2D eigenvalue weighted by molar-refractivity contribution is 5.80. The molecule has 0 rings (SSSR count). The van der Waals surface area contributed by atoms with Crippen LogP contribution in [0.15, 0.2) is 24.3 Å². The lowest BCUT2D eigenvalue weighted by Crippen LogP contribution is -2.53. The van der Waals surface area contributed by atoms with Gasteiger partial charge in [-0.3, -0.25) is 4.79 Å². The largest absolute Gasteiger partial charge is 0.394 e. The number of amides is 1. The van der Waals surface area contributed by atoms with E-state index in [0.717, 1.165) is 38.5 Å². The summed E-state index contributed by atoms with van der Waals surface area (Å²) in [5.41, 5.74) is 0. The molecule has 6 nitrogen and oxygen atoms in total. The second kappa shape index (κ2) is 44.9. The molecule has 0 saturated carbocycles. The summed E-state index contributed by atoms with van der Waals surface area (Å²) in [6, 6.07) is -1.00. The van der Waals surface area contributed by atoms with E-state index in [1.165, 1.54) is 193 Å². The van der Waals surface area contributed by atoms with Crippen molar-refractivity contribution < 1.29 is 25.2 Å². The normalized spacial score (nSPS) is 14.2. The highest BCUT2D eigenvalue weighted by atomic mass is 16.3. The zero-order valence-electron chi connectivity index (χ0n) is 37.4. The van der Waals surface area contributed by atoms with Crippen LogP contribution in [0.2, 0.25) is 0 Å². The Hall–Kier alpha value is -1.21. The molecule has 0 aliphatic heterocycles. The van der Waals surface area contributed by atoms with Crippen LogP contribution in [0, 0.1) is 0 Å². The van der Waals surface area contributed by atoms with Gasteiger partial charge in [0.2, 0.25) is 5.91 Å². The molecule has 0 spiro atoms. The zero-order valence-corrected chi connectivity index (χ0v) is 37.4. The number of carbonyl (C=O) groups excluding carboxylic acids is 1. The molecule has 6 heteroatoms. The first-order chi connectivity index (χ1) is 27.5. The molecule has 4 unspecified atom stereocenters. The van der Waals surface area contributed by atoms with Crippen LogP contribution in [0.25, 0.3) is 0 Å². The van der Waals surface area contributed by atoms with Gasteiger partial charge >= 0.3 is 0 Å². The summed E-state index contributed by atoms with van der Waals surface area (Å²) in [6.07, 6.45) is 52.2. The molecular formula is C50H97NO5. The van der Waals surface area contributed by atoms with Crippen molar-refractivity contribution in [2.24, 2.45) is 0 Å². The van der Waals surface area contributed by atoms with E-state index in [9.17, 15) is 25.2 Å². The van der Waals surface area contributed by atoms with Crippen LogP contribution in [0.4, 0.5) is 0 Å². The molecule has 0 aromatic carbocycles. The average Bonchev–Trinajstić information content (AvgIpc) is 3.20. The highest BCUT2D eigenvalue weighted by Gasteiger charge is 2.28. The van der Waals surface area contributed by atoms with Crippen LogP contribution < -0.4 is 5.32 Å². The molecular weight excluding hydrogens is 695 g/mol. The van der Waals surface area contributed by atoms with Gasteiger partial charge in [0.1, 0.15) is 12.2 Å². The number of aliphatic hydroxyl groups excluding tert-OH is 4. The number of rotatable bonds is 45. The second-order valence-corrected chi connectivity index (χ2v) is 17.2. The SMILES string of the molecule is CCCCCCCCCCCCC/C=C/CCCC(O)C(O)C(CO)NC(=O)C(O)CCCCCCCCCC/C=C\CCCCCCCCCCCCCC. The van der Waals surface area contributed by atoms with Crippen molar-refractivity contribution in [1.82, 2.24) is 5.32 Å². The molecule has 0 saturated heterocycles. The van der Waals surface area contributed by atoms with E-state index < -0.39 is 36.9 Å². The quantitative estimate of drug-likeness (QED) is 0.0312. The minimum absolute atomic E-state index is 0.361. The summed E-state index contributed by atoms with van der Waals surface area (Å²) in [4.78, 5) is 12.5. The van der Waals surface area contributed by atoms with Crippen LogP contribution in [0.1, 0.15) is 258 Å². The Balaban J connectivity index is 3.70. The van der Waals surface area contributed by atoms with Crippen LogP contribution in [-0.4, -0.2) is 57.3 Å². The minimum atomic E-state index is -1.28.